The SMILES string of the molecule is CCn1c(C)nc(-c2cc(OC)cc(OC)c2)c1N. The Bertz CT molecular complexity index is 568. The molecule has 0 saturated carbocycles. The largest absolute Gasteiger partial charge is 0.497 e. The van der Waals surface area contributed by atoms with Gasteiger partial charge in [0.25, 0.3) is 0 Å². The van der Waals surface area contributed by atoms with Crippen molar-refractivity contribution in [3.05, 3.63) is 24.0 Å². The van der Waals surface area contributed by atoms with Crippen molar-refractivity contribution in [1.82, 2.24) is 9.55 Å². The Morgan fingerprint density at radius 3 is 2.16 bits per heavy atom. The molecular formula is C14H19N3O2. The van der Waals surface area contributed by atoms with E-state index in [2.05, 4.69) is 4.98 Å². The summed E-state index contributed by atoms with van der Waals surface area (Å²) in [5.41, 5.74) is 7.80. The van der Waals surface area contributed by atoms with Gasteiger partial charge in [0.2, 0.25) is 0 Å². The molecule has 0 fully saturated rings. The standard InChI is InChI=1S/C14H19N3O2/c1-5-17-9(2)16-13(14(17)15)10-6-11(18-3)8-12(7-10)19-4/h6-8H,5,15H2,1-4H3. The Kier molecular flexibility index (Phi) is 3.64. The van der Waals surface area contributed by atoms with Crippen molar-refractivity contribution < 1.29 is 9.47 Å². The van der Waals surface area contributed by atoms with Crippen LogP contribution in [0.4, 0.5) is 5.82 Å². The smallest absolute Gasteiger partial charge is 0.131 e. The zero-order valence-electron chi connectivity index (χ0n) is 11.7. The van der Waals surface area contributed by atoms with E-state index in [0.717, 1.165) is 35.1 Å². The molecule has 2 aromatic rings. The number of aryl methyl sites for hydroxylation is 1. The zero-order valence-corrected chi connectivity index (χ0v) is 11.7. The maximum Gasteiger partial charge on any atom is 0.131 e. The molecule has 0 aliphatic heterocycles. The third-order valence-electron chi connectivity index (χ3n) is 3.14. The third-order valence-corrected chi connectivity index (χ3v) is 3.14. The Balaban J connectivity index is 2.58. The van der Waals surface area contributed by atoms with Crippen LogP contribution >= 0.6 is 0 Å². The van der Waals surface area contributed by atoms with Crippen LogP contribution in [0.25, 0.3) is 11.3 Å². The fourth-order valence-corrected chi connectivity index (χ4v) is 2.14. The minimum atomic E-state index is 0.662. The highest BCUT2D eigenvalue weighted by atomic mass is 16.5. The maximum atomic E-state index is 6.15. The van der Waals surface area contributed by atoms with Crippen LogP contribution in [-0.2, 0) is 6.54 Å². The zero-order chi connectivity index (χ0) is 14.0. The van der Waals surface area contributed by atoms with Gasteiger partial charge in [0.05, 0.1) is 14.2 Å². The molecule has 2 N–H and O–H groups in total. The van der Waals surface area contributed by atoms with Gasteiger partial charge in [0, 0.05) is 18.2 Å². The quantitative estimate of drug-likeness (QED) is 0.918. The second-order valence-electron chi connectivity index (χ2n) is 4.24. The number of nitrogen functional groups attached to an aromatic ring is 1. The van der Waals surface area contributed by atoms with Crippen LogP contribution in [0.3, 0.4) is 0 Å². The average Bonchev–Trinajstić information content (AvgIpc) is 2.72. The molecule has 0 atom stereocenters. The fraction of sp³-hybridized carbons (Fsp3) is 0.357. The number of rotatable bonds is 4. The average molecular weight is 261 g/mol. The van der Waals surface area contributed by atoms with Crippen LogP contribution in [-0.4, -0.2) is 23.8 Å². The summed E-state index contributed by atoms with van der Waals surface area (Å²) in [4.78, 5) is 4.53. The number of nitrogens with zero attached hydrogens (tertiary/aromatic N) is 2. The van der Waals surface area contributed by atoms with Crippen molar-refractivity contribution >= 4 is 5.82 Å². The molecule has 0 bridgehead atoms. The summed E-state index contributed by atoms with van der Waals surface area (Å²) in [5, 5.41) is 0. The predicted molar refractivity (Wildman–Crippen MR) is 75.6 cm³/mol. The van der Waals surface area contributed by atoms with Crippen molar-refractivity contribution in [1.29, 1.82) is 0 Å². The van der Waals surface area contributed by atoms with Crippen molar-refractivity contribution in [2.24, 2.45) is 0 Å². The number of aromatic nitrogens is 2. The molecule has 2 rings (SSSR count). The first kappa shape index (κ1) is 13.3. The summed E-state index contributed by atoms with van der Waals surface area (Å²) >= 11 is 0. The lowest BCUT2D eigenvalue weighted by atomic mass is 10.1. The maximum absolute atomic E-state index is 6.15. The molecular weight excluding hydrogens is 242 g/mol. The van der Waals surface area contributed by atoms with Gasteiger partial charge in [-0.1, -0.05) is 0 Å². The van der Waals surface area contributed by atoms with Gasteiger partial charge in [-0.2, -0.15) is 0 Å². The van der Waals surface area contributed by atoms with Gasteiger partial charge in [0.1, 0.15) is 28.8 Å². The highest BCUT2D eigenvalue weighted by Gasteiger charge is 2.14. The van der Waals surface area contributed by atoms with Gasteiger partial charge >= 0.3 is 0 Å². The summed E-state index contributed by atoms with van der Waals surface area (Å²) in [6.45, 7) is 4.79. The molecule has 5 nitrogen and oxygen atoms in total. The Labute approximate surface area is 113 Å². The van der Waals surface area contributed by atoms with Gasteiger partial charge < -0.3 is 19.8 Å². The summed E-state index contributed by atoms with van der Waals surface area (Å²) in [7, 11) is 3.25. The lowest BCUT2D eigenvalue weighted by molar-refractivity contribution is 0.394. The van der Waals surface area contributed by atoms with Crippen molar-refractivity contribution in [3.63, 3.8) is 0 Å². The predicted octanol–water partition coefficient (Wildman–Crippen LogP) is 2.48. The topological polar surface area (TPSA) is 62.3 Å². The van der Waals surface area contributed by atoms with E-state index in [1.807, 2.05) is 36.6 Å². The van der Waals surface area contributed by atoms with Crippen molar-refractivity contribution in [2.45, 2.75) is 20.4 Å². The molecule has 0 saturated heterocycles. The summed E-state index contributed by atoms with van der Waals surface area (Å²) in [6, 6.07) is 5.63. The van der Waals surface area contributed by atoms with Crippen LogP contribution in [0.2, 0.25) is 0 Å². The molecule has 0 amide bonds. The van der Waals surface area contributed by atoms with Crippen LogP contribution in [0, 0.1) is 6.92 Å². The first-order valence-electron chi connectivity index (χ1n) is 6.16. The Hall–Kier alpha value is -2.17. The van der Waals surface area contributed by atoms with E-state index in [0.29, 0.717) is 5.82 Å². The molecule has 1 aromatic carbocycles. The Morgan fingerprint density at radius 2 is 1.74 bits per heavy atom. The molecule has 0 aliphatic rings. The van der Waals surface area contributed by atoms with Gasteiger partial charge in [-0.15, -0.1) is 0 Å². The van der Waals surface area contributed by atoms with Crippen LogP contribution in [0.1, 0.15) is 12.7 Å². The van der Waals surface area contributed by atoms with Gasteiger partial charge in [-0.05, 0) is 26.0 Å². The normalized spacial score (nSPS) is 10.5. The second kappa shape index (κ2) is 5.22. The summed E-state index contributed by atoms with van der Waals surface area (Å²) in [6.07, 6.45) is 0. The van der Waals surface area contributed by atoms with Crippen LogP contribution < -0.4 is 15.2 Å². The number of anilines is 1. The van der Waals surface area contributed by atoms with E-state index < -0.39 is 0 Å². The highest BCUT2D eigenvalue weighted by Crippen LogP contribution is 2.32. The molecule has 1 heterocycles. The molecule has 5 heteroatoms. The van der Waals surface area contributed by atoms with Crippen LogP contribution in [0.15, 0.2) is 18.2 Å². The number of methoxy groups -OCH3 is 2. The summed E-state index contributed by atoms with van der Waals surface area (Å²) in [5.74, 6) is 3.00. The minimum Gasteiger partial charge on any atom is -0.497 e. The minimum absolute atomic E-state index is 0.662. The molecule has 0 spiro atoms. The lowest BCUT2D eigenvalue weighted by Crippen LogP contribution is -2.02. The van der Waals surface area contributed by atoms with E-state index in [-0.39, 0.29) is 0 Å². The lowest BCUT2D eigenvalue weighted by Gasteiger charge is -2.08. The fourth-order valence-electron chi connectivity index (χ4n) is 2.14. The molecule has 0 radical (unpaired) electrons. The van der Waals surface area contributed by atoms with E-state index in [1.54, 1.807) is 14.2 Å². The second-order valence-corrected chi connectivity index (χ2v) is 4.24. The van der Waals surface area contributed by atoms with Crippen LogP contribution in [0.5, 0.6) is 11.5 Å². The van der Waals surface area contributed by atoms with E-state index in [4.69, 9.17) is 15.2 Å². The van der Waals surface area contributed by atoms with Gasteiger partial charge in [-0.25, -0.2) is 4.98 Å². The molecule has 0 aliphatic carbocycles. The molecule has 1 aromatic heterocycles. The van der Waals surface area contributed by atoms with Gasteiger partial charge in [-0.3, -0.25) is 0 Å². The van der Waals surface area contributed by atoms with Crippen molar-refractivity contribution in [3.8, 4) is 22.8 Å². The molecule has 19 heavy (non-hydrogen) atoms. The first-order valence-corrected chi connectivity index (χ1v) is 6.16. The monoisotopic (exact) mass is 261 g/mol. The van der Waals surface area contributed by atoms with Gasteiger partial charge in [0.15, 0.2) is 0 Å². The van der Waals surface area contributed by atoms with E-state index in [9.17, 15) is 0 Å². The number of hydrogen-bond donors (Lipinski definition) is 1. The number of hydrogen-bond acceptors (Lipinski definition) is 4. The third kappa shape index (κ3) is 2.36. The Morgan fingerprint density at radius 1 is 1.16 bits per heavy atom. The highest BCUT2D eigenvalue weighted by molar-refractivity contribution is 5.73. The van der Waals surface area contributed by atoms with E-state index in [1.165, 1.54) is 0 Å². The van der Waals surface area contributed by atoms with E-state index >= 15 is 0 Å². The molecule has 102 valence electrons. The molecule has 0 unspecified atom stereocenters. The number of benzene rings is 1. The number of nitrogens with two attached hydrogens (primary N) is 1. The number of imidazole rings is 1. The first-order chi connectivity index (χ1) is 9.10. The van der Waals surface area contributed by atoms with Crippen molar-refractivity contribution in [2.75, 3.05) is 20.0 Å². The number of ether oxygens (including phenoxy) is 2. The summed E-state index contributed by atoms with van der Waals surface area (Å²) < 4.78 is 12.5.